The summed E-state index contributed by atoms with van der Waals surface area (Å²) >= 11 is 0. The third kappa shape index (κ3) is 4.63. The van der Waals surface area contributed by atoms with Crippen LogP contribution in [0.15, 0.2) is 72.9 Å². The maximum atomic E-state index is 12.4. The normalized spacial score (nSPS) is 11.0. The molecule has 0 amide bonds. The third-order valence-electron chi connectivity index (χ3n) is 6.08. The number of unbranched alkanes of at least 4 members (excludes halogenated alkanes) is 1. The first kappa shape index (κ1) is 23.1. The predicted octanol–water partition coefficient (Wildman–Crippen LogP) is 4.75. The highest BCUT2D eigenvalue weighted by molar-refractivity contribution is 5.88. The lowest BCUT2D eigenvalue weighted by atomic mass is 9.95. The molecular formula is C27H25N7O2. The molecule has 180 valence electrons. The Hall–Kier alpha value is -4.66. The van der Waals surface area contributed by atoms with Crippen LogP contribution in [0.3, 0.4) is 0 Å². The molecule has 0 unspecified atom stereocenters. The SMILES string of the molecule is CCCCc1nn(-c2ccccn2)c(C(=O)O)c1Cc1ccc(-c2ccccc2-c2nnn[nH]2)cc1. The van der Waals surface area contributed by atoms with E-state index >= 15 is 0 Å². The zero-order chi connectivity index (χ0) is 24.9. The molecule has 3 aromatic heterocycles. The minimum atomic E-state index is -1.02. The molecule has 0 aliphatic heterocycles. The Kier molecular flexibility index (Phi) is 6.61. The fourth-order valence-corrected chi connectivity index (χ4v) is 4.31. The summed E-state index contributed by atoms with van der Waals surface area (Å²) in [5.74, 6) is 0.0770. The zero-order valence-corrected chi connectivity index (χ0v) is 19.8. The van der Waals surface area contributed by atoms with Crippen molar-refractivity contribution in [2.45, 2.75) is 32.6 Å². The van der Waals surface area contributed by atoms with Gasteiger partial charge in [-0.1, -0.05) is 67.9 Å². The minimum Gasteiger partial charge on any atom is -0.476 e. The Balaban J connectivity index is 1.51. The molecule has 0 aliphatic rings. The molecule has 0 saturated heterocycles. The minimum absolute atomic E-state index is 0.159. The molecule has 0 saturated carbocycles. The average Bonchev–Trinajstić information content (AvgIpc) is 3.57. The summed E-state index contributed by atoms with van der Waals surface area (Å²) in [6.07, 6.45) is 4.73. The highest BCUT2D eigenvalue weighted by Gasteiger charge is 2.24. The van der Waals surface area contributed by atoms with Gasteiger partial charge in [0.1, 0.15) is 0 Å². The highest BCUT2D eigenvalue weighted by Crippen LogP contribution is 2.30. The van der Waals surface area contributed by atoms with E-state index in [0.29, 0.717) is 24.5 Å². The van der Waals surface area contributed by atoms with E-state index < -0.39 is 5.97 Å². The second-order valence-electron chi connectivity index (χ2n) is 8.45. The Morgan fingerprint density at radius 1 is 1.00 bits per heavy atom. The molecule has 2 N–H and O–H groups in total. The smallest absolute Gasteiger partial charge is 0.355 e. The van der Waals surface area contributed by atoms with E-state index in [-0.39, 0.29) is 5.69 Å². The van der Waals surface area contributed by atoms with Gasteiger partial charge in [-0.3, -0.25) is 0 Å². The quantitative estimate of drug-likeness (QED) is 0.313. The summed E-state index contributed by atoms with van der Waals surface area (Å²) in [4.78, 5) is 16.7. The zero-order valence-electron chi connectivity index (χ0n) is 19.8. The standard InChI is InChI=1S/C27H25N7O2/c1-2-3-10-23-22(25(27(35)36)34(31-23)24-11-6-7-16-28-24)17-18-12-14-19(15-13-18)20-8-4-5-9-21(20)26-29-32-33-30-26/h4-9,11-16H,2-3,10,17H2,1H3,(H,35,36)(H,29,30,32,33). The first-order valence-corrected chi connectivity index (χ1v) is 11.8. The lowest BCUT2D eigenvalue weighted by molar-refractivity contribution is 0.0685. The topological polar surface area (TPSA) is 122 Å². The molecule has 9 nitrogen and oxygen atoms in total. The number of nitrogens with zero attached hydrogens (tertiary/aromatic N) is 6. The summed E-state index contributed by atoms with van der Waals surface area (Å²) in [5, 5.41) is 29.1. The van der Waals surface area contributed by atoms with Gasteiger partial charge >= 0.3 is 5.97 Å². The number of carbonyl (C=O) groups is 1. The first-order valence-electron chi connectivity index (χ1n) is 11.8. The van der Waals surface area contributed by atoms with E-state index in [0.717, 1.165) is 46.4 Å². The third-order valence-corrected chi connectivity index (χ3v) is 6.08. The molecule has 9 heteroatoms. The lowest BCUT2D eigenvalue weighted by Crippen LogP contribution is -2.11. The van der Waals surface area contributed by atoms with Crippen molar-refractivity contribution < 1.29 is 9.90 Å². The molecule has 0 bridgehead atoms. The van der Waals surface area contributed by atoms with Crippen LogP contribution in [0, 0.1) is 0 Å². The van der Waals surface area contributed by atoms with Crippen molar-refractivity contribution in [3.05, 3.63) is 95.4 Å². The summed E-state index contributed by atoms with van der Waals surface area (Å²) in [6.45, 7) is 2.11. The number of aryl methyl sites for hydroxylation is 1. The highest BCUT2D eigenvalue weighted by atomic mass is 16.4. The van der Waals surface area contributed by atoms with Crippen molar-refractivity contribution in [3.63, 3.8) is 0 Å². The largest absolute Gasteiger partial charge is 0.476 e. The summed E-state index contributed by atoms with van der Waals surface area (Å²) in [6, 6.07) is 21.4. The Bertz CT molecular complexity index is 1460. The molecule has 5 aromatic rings. The Morgan fingerprint density at radius 2 is 1.78 bits per heavy atom. The first-order chi connectivity index (χ1) is 17.7. The molecule has 0 aliphatic carbocycles. The van der Waals surface area contributed by atoms with Gasteiger partial charge in [-0.25, -0.2) is 19.6 Å². The van der Waals surface area contributed by atoms with Crippen LogP contribution in [0.4, 0.5) is 0 Å². The number of hydrogen-bond donors (Lipinski definition) is 2. The molecule has 0 atom stereocenters. The number of H-pyrrole nitrogens is 1. The fraction of sp³-hybridized carbons (Fsp3) is 0.185. The Morgan fingerprint density at radius 3 is 2.44 bits per heavy atom. The summed E-state index contributed by atoms with van der Waals surface area (Å²) < 4.78 is 1.46. The van der Waals surface area contributed by atoms with Gasteiger partial charge in [0.15, 0.2) is 17.3 Å². The van der Waals surface area contributed by atoms with Gasteiger partial charge in [-0.15, -0.1) is 5.10 Å². The van der Waals surface area contributed by atoms with Gasteiger partial charge in [0.25, 0.3) is 0 Å². The van der Waals surface area contributed by atoms with E-state index in [4.69, 9.17) is 5.10 Å². The van der Waals surface area contributed by atoms with Crippen LogP contribution in [0.2, 0.25) is 0 Å². The van der Waals surface area contributed by atoms with Crippen LogP contribution in [0.25, 0.3) is 28.3 Å². The number of hydrogen-bond acceptors (Lipinski definition) is 6. The van der Waals surface area contributed by atoms with E-state index in [9.17, 15) is 9.90 Å². The van der Waals surface area contributed by atoms with Gasteiger partial charge < -0.3 is 5.11 Å². The lowest BCUT2D eigenvalue weighted by Gasteiger charge is -2.09. The van der Waals surface area contributed by atoms with Gasteiger partial charge in [0.05, 0.1) is 5.69 Å². The number of aromatic nitrogens is 7. The van der Waals surface area contributed by atoms with Crippen molar-refractivity contribution in [1.29, 1.82) is 0 Å². The second-order valence-corrected chi connectivity index (χ2v) is 8.45. The fourth-order valence-electron chi connectivity index (χ4n) is 4.31. The van der Waals surface area contributed by atoms with Crippen LogP contribution in [-0.4, -0.2) is 46.5 Å². The molecule has 2 aromatic carbocycles. The number of carboxylic acids is 1. The van der Waals surface area contributed by atoms with Crippen LogP contribution < -0.4 is 0 Å². The van der Waals surface area contributed by atoms with Gasteiger partial charge in [0.2, 0.25) is 0 Å². The van der Waals surface area contributed by atoms with Crippen molar-refractivity contribution in [2.24, 2.45) is 0 Å². The van der Waals surface area contributed by atoms with Gasteiger partial charge in [-0.2, -0.15) is 5.10 Å². The Labute approximate surface area is 207 Å². The summed E-state index contributed by atoms with van der Waals surface area (Å²) in [5.41, 5.74) is 5.60. The molecule has 3 heterocycles. The number of aromatic amines is 1. The maximum Gasteiger partial charge on any atom is 0.355 e. The molecule has 36 heavy (non-hydrogen) atoms. The van der Waals surface area contributed by atoms with Crippen molar-refractivity contribution in [1.82, 2.24) is 35.4 Å². The number of pyridine rings is 1. The molecule has 5 rings (SSSR count). The van der Waals surface area contributed by atoms with Crippen LogP contribution >= 0.6 is 0 Å². The van der Waals surface area contributed by atoms with Crippen LogP contribution in [0.5, 0.6) is 0 Å². The van der Waals surface area contributed by atoms with Crippen molar-refractivity contribution in [3.8, 4) is 28.3 Å². The van der Waals surface area contributed by atoms with E-state index in [1.807, 2.05) is 54.6 Å². The van der Waals surface area contributed by atoms with Crippen molar-refractivity contribution >= 4 is 5.97 Å². The maximum absolute atomic E-state index is 12.4. The van der Waals surface area contributed by atoms with Gasteiger partial charge in [-0.05, 0) is 52.1 Å². The number of rotatable bonds is 9. The number of nitrogens with one attached hydrogen (secondary N) is 1. The predicted molar refractivity (Wildman–Crippen MR) is 135 cm³/mol. The molecule has 0 spiro atoms. The number of carboxylic acid groups (broad SMARTS) is 1. The molecule has 0 radical (unpaired) electrons. The van der Waals surface area contributed by atoms with Crippen LogP contribution in [0.1, 0.15) is 47.1 Å². The van der Waals surface area contributed by atoms with Crippen molar-refractivity contribution in [2.75, 3.05) is 0 Å². The number of tetrazole rings is 1. The molecular weight excluding hydrogens is 454 g/mol. The van der Waals surface area contributed by atoms with Crippen LogP contribution in [-0.2, 0) is 12.8 Å². The number of benzene rings is 2. The monoisotopic (exact) mass is 479 g/mol. The van der Waals surface area contributed by atoms with Gasteiger partial charge in [0, 0.05) is 23.7 Å². The summed E-state index contributed by atoms with van der Waals surface area (Å²) in [7, 11) is 0. The van der Waals surface area contributed by atoms with E-state index in [1.165, 1.54) is 4.68 Å². The average molecular weight is 480 g/mol. The van der Waals surface area contributed by atoms with E-state index in [2.05, 4.69) is 32.5 Å². The second kappa shape index (κ2) is 10.3. The van der Waals surface area contributed by atoms with E-state index in [1.54, 1.807) is 18.3 Å². The number of aromatic carboxylic acids is 1. The molecule has 0 fully saturated rings.